The minimum Gasteiger partial charge on any atom is -0.447 e. The van der Waals surface area contributed by atoms with Gasteiger partial charge in [0.15, 0.2) is 5.06 Å². The van der Waals surface area contributed by atoms with Crippen molar-refractivity contribution in [1.82, 2.24) is 10.3 Å². The number of benzene rings is 1. The highest BCUT2D eigenvalue weighted by molar-refractivity contribution is 7.13. The molecule has 0 saturated heterocycles. The molecular weight excluding hydrogens is 308 g/mol. The van der Waals surface area contributed by atoms with E-state index in [1.165, 1.54) is 11.3 Å². The van der Waals surface area contributed by atoms with Crippen molar-refractivity contribution in [3.8, 4) is 10.8 Å². The summed E-state index contributed by atoms with van der Waals surface area (Å²) in [6.07, 6.45) is 1.68. The van der Waals surface area contributed by atoms with Crippen LogP contribution in [-0.4, -0.2) is 10.9 Å². The Bertz CT molecular complexity index is 800. The molecule has 4 nitrogen and oxygen atoms in total. The molecule has 0 aliphatic carbocycles. The van der Waals surface area contributed by atoms with Gasteiger partial charge >= 0.3 is 0 Å². The first-order valence-electron chi connectivity index (χ1n) is 7.24. The number of carbonyl (C=O) groups excluding carboxylic acids is 1. The molecule has 3 rings (SSSR count). The van der Waals surface area contributed by atoms with Gasteiger partial charge in [0.1, 0.15) is 5.75 Å². The van der Waals surface area contributed by atoms with E-state index in [2.05, 4.69) is 10.3 Å². The molecule has 1 aromatic carbocycles. The summed E-state index contributed by atoms with van der Waals surface area (Å²) in [7, 11) is 0. The van der Waals surface area contributed by atoms with Gasteiger partial charge in [0.25, 0.3) is 5.91 Å². The summed E-state index contributed by atoms with van der Waals surface area (Å²) in [4.78, 5) is 17.3. The van der Waals surface area contributed by atoms with Crippen LogP contribution in [0.3, 0.4) is 0 Å². The summed E-state index contributed by atoms with van der Waals surface area (Å²) in [5.74, 6) is 0.686. The van der Waals surface area contributed by atoms with Crippen LogP contribution in [0.5, 0.6) is 10.8 Å². The molecule has 0 atom stereocenters. The van der Waals surface area contributed by atoms with Crippen LogP contribution in [0, 0.1) is 6.92 Å². The van der Waals surface area contributed by atoms with Gasteiger partial charge in [0.2, 0.25) is 0 Å². The predicted octanol–water partition coefficient (Wildman–Crippen LogP) is 4.17. The quantitative estimate of drug-likeness (QED) is 0.766. The summed E-state index contributed by atoms with van der Waals surface area (Å²) in [5, 5.41) is 3.71. The molecule has 0 aliphatic heterocycles. The van der Waals surface area contributed by atoms with Gasteiger partial charge in [-0.1, -0.05) is 18.2 Å². The Morgan fingerprint density at radius 2 is 1.96 bits per heavy atom. The molecule has 3 aromatic rings. The van der Waals surface area contributed by atoms with Crippen molar-refractivity contribution in [1.29, 1.82) is 0 Å². The standard InChI is InChI=1S/C18H16N2O2S/c1-13-16(8-5-11-19-13)18(21)20-12-15-9-10-17(23-15)22-14-6-3-2-4-7-14/h2-11H,12H2,1H3,(H,20,21). The fourth-order valence-corrected chi connectivity index (χ4v) is 2.91. The Labute approximate surface area is 138 Å². The van der Waals surface area contributed by atoms with Crippen LogP contribution in [0.25, 0.3) is 0 Å². The summed E-state index contributed by atoms with van der Waals surface area (Å²) in [5.41, 5.74) is 1.33. The van der Waals surface area contributed by atoms with Crippen LogP contribution in [-0.2, 0) is 6.54 Å². The molecule has 0 unspecified atom stereocenters. The van der Waals surface area contributed by atoms with Crippen molar-refractivity contribution in [2.45, 2.75) is 13.5 Å². The van der Waals surface area contributed by atoms with E-state index in [1.807, 2.05) is 49.4 Å². The summed E-state index contributed by atoms with van der Waals surface area (Å²) in [6, 6.07) is 17.0. The van der Waals surface area contributed by atoms with Crippen LogP contribution in [0.4, 0.5) is 0 Å². The number of ether oxygens (including phenoxy) is 1. The molecule has 5 heteroatoms. The van der Waals surface area contributed by atoms with Crippen molar-refractivity contribution in [3.05, 3.63) is 76.9 Å². The minimum atomic E-state index is -0.116. The smallest absolute Gasteiger partial charge is 0.253 e. The maximum absolute atomic E-state index is 12.2. The number of aromatic nitrogens is 1. The molecule has 0 spiro atoms. The molecule has 0 bridgehead atoms. The summed E-state index contributed by atoms with van der Waals surface area (Å²) >= 11 is 1.52. The van der Waals surface area contributed by atoms with Crippen LogP contribution in [0.1, 0.15) is 20.9 Å². The molecule has 0 saturated carbocycles. The third-order valence-electron chi connectivity index (χ3n) is 3.27. The lowest BCUT2D eigenvalue weighted by Crippen LogP contribution is -2.23. The van der Waals surface area contributed by atoms with Gasteiger partial charge in [-0.2, -0.15) is 0 Å². The fourth-order valence-electron chi connectivity index (χ4n) is 2.10. The largest absolute Gasteiger partial charge is 0.447 e. The van der Waals surface area contributed by atoms with E-state index in [1.54, 1.807) is 18.3 Å². The van der Waals surface area contributed by atoms with Crippen LogP contribution in [0.2, 0.25) is 0 Å². The molecule has 1 amide bonds. The minimum absolute atomic E-state index is 0.116. The number of nitrogens with one attached hydrogen (secondary N) is 1. The number of thiophene rings is 1. The maximum atomic E-state index is 12.2. The molecule has 23 heavy (non-hydrogen) atoms. The van der Waals surface area contributed by atoms with Crippen molar-refractivity contribution < 1.29 is 9.53 Å². The highest BCUT2D eigenvalue weighted by Gasteiger charge is 2.09. The SMILES string of the molecule is Cc1ncccc1C(=O)NCc1ccc(Oc2ccccc2)s1. The van der Waals surface area contributed by atoms with E-state index >= 15 is 0 Å². The first kappa shape index (κ1) is 15.2. The Balaban J connectivity index is 1.59. The van der Waals surface area contributed by atoms with Crippen LogP contribution in [0.15, 0.2) is 60.8 Å². The summed E-state index contributed by atoms with van der Waals surface area (Å²) in [6.45, 7) is 2.29. The Hall–Kier alpha value is -2.66. The van der Waals surface area contributed by atoms with Crippen LogP contribution >= 0.6 is 11.3 Å². The normalized spacial score (nSPS) is 10.3. The highest BCUT2D eigenvalue weighted by atomic mass is 32.1. The zero-order valence-corrected chi connectivity index (χ0v) is 13.5. The predicted molar refractivity (Wildman–Crippen MR) is 91.0 cm³/mol. The van der Waals surface area contributed by atoms with Gasteiger partial charge in [-0.15, -0.1) is 11.3 Å². The van der Waals surface area contributed by atoms with E-state index in [9.17, 15) is 4.79 Å². The number of hydrogen-bond donors (Lipinski definition) is 1. The molecule has 0 fully saturated rings. The molecule has 2 aromatic heterocycles. The Kier molecular flexibility index (Phi) is 4.68. The second-order valence-electron chi connectivity index (χ2n) is 4.95. The van der Waals surface area contributed by atoms with Crippen molar-refractivity contribution in [2.75, 3.05) is 0 Å². The van der Waals surface area contributed by atoms with E-state index in [0.29, 0.717) is 12.1 Å². The fraction of sp³-hybridized carbons (Fsp3) is 0.111. The van der Waals surface area contributed by atoms with E-state index in [0.717, 1.165) is 21.4 Å². The van der Waals surface area contributed by atoms with Crippen molar-refractivity contribution in [3.63, 3.8) is 0 Å². The first-order chi connectivity index (χ1) is 11.2. The van der Waals surface area contributed by atoms with Gasteiger partial charge in [0, 0.05) is 16.8 Å². The van der Waals surface area contributed by atoms with E-state index in [-0.39, 0.29) is 5.91 Å². The average molecular weight is 324 g/mol. The topological polar surface area (TPSA) is 51.2 Å². The number of nitrogens with zero attached hydrogens (tertiary/aromatic N) is 1. The number of pyridine rings is 1. The van der Waals surface area contributed by atoms with Crippen molar-refractivity contribution in [2.24, 2.45) is 0 Å². The lowest BCUT2D eigenvalue weighted by molar-refractivity contribution is 0.0950. The van der Waals surface area contributed by atoms with Gasteiger partial charge in [0.05, 0.1) is 12.1 Å². The zero-order chi connectivity index (χ0) is 16.1. The second-order valence-corrected chi connectivity index (χ2v) is 6.09. The molecule has 0 radical (unpaired) electrons. The lowest BCUT2D eigenvalue weighted by atomic mass is 10.2. The Morgan fingerprint density at radius 1 is 1.13 bits per heavy atom. The third kappa shape index (κ3) is 3.96. The molecule has 1 N–H and O–H groups in total. The van der Waals surface area contributed by atoms with Crippen LogP contribution < -0.4 is 10.1 Å². The highest BCUT2D eigenvalue weighted by Crippen LogP contribution is 2.29. The van der Waals surface area contributed by atoms with Gasteiger partial charge in [-0.3, -0.25) is 9.78 Å². The molecule has 2 heterocycles. The number of hydrogen-bond acceptors (Lipinski definition) is 4. The lowest BCUT2D eigenvalue weighted by Gasteiger charge is -2.05. The second kappa shape index (κ2) is 7.07. The van der Waals surface area contributed by atoms with E-state index in [4.69, 9.17) is 4.74 Å². The zero-order valence-electron chi connectivity index (χ0n) is 12.7. The van der Waals surface area contributed by atoms with Gasteiger partial charge < -0.3 is 10.1 Å². The number of rotatable bonds is 5. The first-order valence-corrected chi connectivity index (χ1v) is 8.05. The average Bonchev–Trinajstić information content (AvgIpc) is 3.01. The maximum Gasteiger partial charge on any atom is 0.253 e. The summed E-state index contributed by atoms with van der Waals surface area (Å²) < 4.78 is 5.77. The van der Waals surface area contributed by atoms with Gasteiger partial charge in [-0.05, 0) is 43.3 Å². The number of amides is 1. The van der Waals surface area contributed by atoms with Crippen molar-refractivity contribution >= 4 is 17.2 Å². The molecule has 116 valence electrons. The number of para-hydroxylation sites is 1. The Morgan fingerprint density at radius 3 is 2.74 bits per heavy atom. The molecule has 0 aliphatic rings. The monoisotopic (exact) mass is 324 g/mol. The molecular formula is C18H16N2O2S. The number of aryl methyl sites for hydroxylation is 1. The number of carbonyl (C=O) groups is 1. The van der Waals surface area contributed by atoms with E-state index < -0.39 is 0 Å². The third-order valence-corrected chi connectivity index (χ3v) is 4.24. The van der Waals surface area contributed by atoms with Gasteiger partial charge in [-0.25, -0.2) is 0 Å².